The number of nitrogen functional groups attached to an aromatic ring is 1. The second-order valence-corrected chi connectivity index (χ2v) is 5.55. The molecule has 2 N–H and O–H groups in total. The number of nitrogens with zero attached hydrogens (tertiary/aromatic N) is 2. The summed E-state index contributed by atoms with van der Waals surface area (Å²) in [6.07, 6.45) is -3.77. The van der Waals surface area contributed by atoms with Crippen molar-refractivity contribution in [2.24, 2.45) is 0 Å². The zero-order valence-electron chi connectivity index (χ0n) is 13.9. The van der Waals surface area contributed by atoms with Crippen molar-refractivity contribution >= 4 is 5.69 Å². The third kappa shape index (κ3) is 4.25. The van der Waals surface area contributed by atoms with Gasteiger partial charge in [-0.15, -0.1) is 0 Å². The Kier molecular flexibility index (Phi) is 4.85. The summed E-state index contributed by atoms with van der Waals surface area (Å²) in [4.78, 5) is 7.68. The van der Waals surface area contributed by atoms with Gasteiger partial charge in [0.25, 0.3) is 0 Å². The maximum Gasteiger partial charge on any atom is 0.419 e. The van der Waals surface area contributed by atoms with Gasteiger partial charge in [0.1, 0.15) is 23.6 Å². The highest BCUT2D eigenvalue weighted by Crippen LogP contribution is 2.37. The SMILES string of the molecule is Cc1ccc(Oc2ncnc(Oc3ccc(F)c(C(F)(F)F)c3)c2N)cc1. The van der Waals surface area contributed by atoms with Crippen LogP contribution in [0.15, 0.2) is 48.8 Å². The number of aryl methyl sites for hydroxylation is 1. The molecule has 0 bridgehead atoms. The maximum atomic E-state index is 13.4. The Bertz CT molecular complexity index is 960. The van der Waals surface area contributed by atoms with Crippen LogP contribution in [0, 0.1) is 12.7 Å². The third-order valence-electron chi connectivity index (χ3n) is 3.50. The van der Waals surface area contributed by atoms with Crippen LogP contribution in [0.4, 0.5) is 23.2 Å². The van der Waals surface area contributed by atoms with Crippen molar-refractivity contribution in [1.82, 2.24) is 9.97 Å². The number of rotatable bonds is 4. The summed E-state index contributed by atoms with van der Waals surface area (Å²) in [6, 6.07) is 9.26. The van der Waals surface area contributed by atoms with Gasteiger partial charge in [-0.2, -0.15) is 23.1 Å². The maximum absolute atomic E-state index is 13.4. The minimum Gasteiger partial charge on any atom is -0.437 e. The predicted molar refractivity (Wildman–Crippen MR) is 89.2 cm³/mol. The smallest absolute Gasteiger partial charge is 0.419 e. The quantitative estimate of drug-likeness (QED) is 0.638. The molecule has 3 aromatic rings. The molecule has 0 aliphatic rings. The number of hydrogen-bond donors (Lipinski definition) is 1. The molecule has 0 aliphatic heterocycles. The molecule has 140 valence electrons. The minimum atomic E-state index is -4.86. The zero-order valence-corrected chi connectivity index (χ0v) is 13.9. The van der Waals surface area contributed by atoms with E-state index in [0.29, 0.717) is 17.9 Å². The van der Waals surface area contributed by atoms with Gasteiger partial charge in [-0.25, -0.2) is 4.39 Å². The number of anilines is 1. The monoisotopic (exact) mass is 379 g/mol. The Hall–Kier alpha value is -3.36. The Labute approximate surface area is 151 Å². The first-order valence-corrected chi connectivity index (χ1v) is 7.63. The molecule has 9 heteroatoms. The first-order valence-electron chi connectivity index (χ1n) is 7.63. The van der Waals surface area contributed by atoms with Gasteiger partial charge >= 0.3 is 6.18 Å². The van der Waals surface area contributed by atoms with E-state index < -0.39 is 17.6 Å². The van der Waals surface area contributed by atoms with Crippen LogP contribution in [-0.2, 0) is 6.18 Å². The molecule has 27 heavy (non-hydrogen) atoms. The topological polar surface area (TPSA) is 70.3 Å². The lowest BCUT2D eigenvalue weighted by Gasteiger charge is -2.13. The third-order valence-corrected chi connectivity index (χ3v) is 3.50. The molecule has 0 amide bonds. The fraction of sp³-hybridized carbons (Fsp3) is 0.111. The molecule has 0 atom stereocenters. The fourth-order valence-electron chi connectivity index (χ4n) is 2.14. The zero-order chi connectivity index (χ0) is 19.6. The van der Waals surface area contributed by atoms with Crippen molar-refractivity contribution in [2.45, 2.75) is 13.1 Å². The van der Waals surface area contributed by atoms with E-state index in [1.54, 1.807) is 12.1 Å². The van der Waals surface area contributed by atoms with Gasteiger partial charge in [-0.1, -0.05) is 17.7 Å². The number of ether oxygens (including phenoxy) is 2. The Morgan fingerprint density at radius 2 is 1.44 bits per heavy atom. The molecular formula is C18H13F4N3O2. The molecule has 0 spiro atoms. The summed E-state index contributed by atoms with van der Waals surface area (Å²) in [5.41, 5.74) is 5.35. The van der Waals surface area contributed by atoms with E-state index in [4.69, 9.17) is 15.2 Å². The molecule has 0 fully saturated rings. The molecule has 2 aromatic carbocycles. The molecule has 0 saturated heterocycles. The molecule has 0 aliphatic carbocycles. The molecule has 1 heterocycles. The largest absolute Gasteiger partial charge is 0.437 e. The highest BCUT2D eigenvalue weighted by molar-refractivity contribution is 5.58. The average molecular weight is 379 g/mol. The van der Waals surface area contributed by atoms with Crippen LogP contribution in [0.2, 0.25) is 0 Å². The highest BCUT2D eigenvalue weighted by Gasteiger charge is 2.34. The predicted octanol–water partition coefficient (Wildman–Crippen LogP) is 5.11. The molecule has 0 radical (unpaired) electrons. The van der Waals surface area contributed by atoms with Crippen molar-refractivity contribution in [3.63, 3.8) is 0 Å². The van der Waals surface area contributed by atoms with Crippen molar-refractivity contribution in [2.75, 3.05) is 5.73 Å². The summed E-state index contributed by atoms with van der Waals surface area (Å²) in [5.74, 6) is -1.48. The van der Waals surface area contributed by atoms with Crippen molar-refractivity contribution in [3.8, 4) is 23.3 Å². The lowest BCUT2D eigenvalue weighted by atomic mass is 10.2. The highest BCUT2D eigenvalue weighted by atomic mass is 19.4. The number of alkyl halides is 3. The average Bonchev–Trinajstić information content (AvgIpc) is 2.61. The van der Waals surface area contributed by atoms with E-state index in [1.165, 1.54) is 0 Å². The summed E-state index contributed by atoms with van der Waals surface area (Å²) >= 11 is 0. The van der Waals surface area contributed by atoms with Gasteiger partial charge in [0.05, 0.1) is 5.56 Å². The van der Waals surface area contributed by atoms with Gasteiger partial charge in [-0.05, 0) is 37.3 Å². The van der Waals surface area contributed by atoms with E-state index in [1.807, 2.05) is 19.1 Å². The van der Waals surface area contributed by atoms with Crippen molar-refractivity contribution in [1.29, 1.82) is 0 Å². The number of benzene rings is 2. The van der Waals surface area contributed by atoms with Crippen molar-refractivity contribution in [3.05, 3.63) is 65.7 Å². The molecule has 0 unspecified atom stereocenters. The van der Waals surface area contributed by atoms with E-state index in [-0.39, 0.29) is 23.2 Å². The number of aromatic nitrogens is 2. The molecule has 1 aromatic heterocycles. The van der Waals surface area contributed by atoms with Gasteiger partial charge in [0.15, 0.2) is 5.69 Å². The van der Waals surface area contributed by atoms with Crippen LogP contribution in [0.3, 0.4) is 0 Å². The van der Waals surface area contributed by atoms with Crippen LogP contribution in [-0.4, -0.2) is 9.97 Å². The lowest BCUT2D eigenvalue weighted by molar-refractivity contribution is -0.140. The Balaban J connectivity index is 1.87. The van der Waals surface area contributed by atoms with Crippen LogP contribution < -0.4 is 15.2 Å². The van der Waals surface area contributed by atoms with E-state index in [9.17, 15) is 17.6 Å². The van der Waals surface area contributed by atoms with Gasteiger partial charge in [0.2, 0.25) is 11.8 Å². The van der Waals surface area contributed by atoms with Gasteiger partial charge in [-0.3, -0.25) is 0 Å². The summed E-state index contributed by atoms with van der Waals surface area (Å²) in [5, 5.41) is 0. The summed E-state index contributed by atoms with van der Waals surface area (Å²) in [6.45, 7) is 1.91. The second kappa shape index (κ2) is 7.10. The van der Waals surface area contributed by atoms with E-state index in [2.05, 4.69) is 9.97 Å². The van der Waals surface area contributed by atoms with E-state index >= 15 is 0 Å². The van der Waals surface area contributed by atoms with Crippen LogP contribution in [0.1, 0.15) is 11.1 Å². The lowest BCUT2D eigenvalue weighted by Crippen LogP contribution is -2.08. The van der Waals surface area contributed by atoms with Gasteiger partial charge < -0.3 is 15.2 Å². The second-order valence-electron chi connectivity index (χ2n) is 5.55. The number of halogens is 4. The molecular weight excluding hydrogens is 366 g/mol. The molecule has 3 rings (SSSR count). The molecule has 0 saturated carbocycles. The first kappa shape index (κ1) is 18.4. The Morgan fingerprint density at radius 3 is 2.04 bits per heavy atom. The van der Waals surface area contributed by atoms with E-state index in [0.717, 1.165) is 18.0 Å². The van der Waals surface area contributed by atoms with Crippen molar-refractivity contribution < 1.29 is 27.0 Å². The summed E-state index contributed by atoms with van der Waals surface area (Å²) in [7, 11) is 0. The van der Waals surface area contributed by atoms with Gasteiger partial charge in [0, 0.05) is 0 Å². The van der Waals surface area contributed by atoms with Crippen LogP contribution in [0.5, 0.6) is 23.3 Å². The Morgan fingerprint density at radius 1 is 0.889 bits per heavy atom. The fourth-order valence-corrected chi connectivity index (χ4v) is 2.14. The normalized spacial score (nSPS) is 11.3. The minimum absolute atomic E-state index is 0.0259. The standard InChI is InChI=1S/C18H13F4N3O2/c1-10-2-4-11(5-3-10)26-16-15(23)17(25-9-24-16)27-12-6-7-14(19)13(8-12)18(20,21)22/h2-9H,23H2,1H3. The number of nitrogens with two attached hydrogens (primary N) is 1. The first-order chi connectivity index (χ1) is 12.7. The van der Waals surface area contributed by atoms with Crippen LogP contribution in [0.25, 0.3) is 0 Å². The molecule has 5 nitrogen and oxygen atoms in total. The summed E-state index contributed by atoms with van der Waals surface area (Å²) < 4.78 is 62.6. The van der Waals surface area contributed by atoms with Crippen LogP contribution >= 0.6 is 0 Å². The number of hydrogen-bond acceptors (Lipinski definition) is 5.